The van der Waals surface area contributed by atoms with E-state index in [0.29, 0.717) is 6.54 Å². The molecule has 0 saturated carbocycles. The number of ketones is 2. The van der Waals surface area contributed by atoms with Gasteiger partial charge in [-0.05, 0) is 20.8 Å². The van der Waals surface area contributed by atoms with Crippen LogP contribution in [0.5, 0.6) is 0 Å². The Balaban J connectivity index is 4.75. The number of carbonyl (C=O) groups is 3. The van der Waals surface area contributed by atoms with Gasteiger partial charge in [0.15, 0.2) is 0 Å². The molecule has 0 atom stereocenters. The summed E-state index contributed by atoms with van der Waals surface area (Å²) in [6.07, 6.45) is 1.71. The van der Waals surface area contributed by atoms with Crippen LogP contribution in [0.1, 0.15) is 33.6 Å². The molecule has 0 aliphatic carbocycles. The maximum Gasteiger partial charge on any atom is 0.227 e. The normalized spacial score (nSPS) is 10.7. The minimum absolute atomic E-state index is 0.0789. The van der Waals surface area contributed by atoms with Crippen LogP contribution in [0.3, 0.4) is 0 Å². The van der Waals surface area contributed by atoms with Crippen LogP contribution in [-0.4, -0.2) is 24.0 Å². The lowest BCUT2D eigenvalue weighted by Gasteiger charge is -2.25. The van der Waals surface area contributed by atoms with Crippen LogP contribution < -0.4 is 5.32 Å². The first kappa shape index (κ1) is 14.6. The van der Waals surface area contributed by atoms with Gasteiger partial charge in [0.2, 0.25) is 5.91 Å². The molecule has 4 nitrogen and oxygen atoms in total. The van der Waals surface area contributed by atoms with E-state index < -0.39 is 5.41 Å². The maximum atomic E-state index is 11.8. The molecule has 0 aromatic rings. The van der Waals surface area contributed by atoms with E-state index in [9.17, 15) is 14.4 Å². The van der Waals surface area contributed by atoms with Gasteiger partial charge in [-0.3, -0.25) is 14.4 Å². The van der Waals surface area contributed by atoms with E-state index in [2.05, 4.69) is 11.9 Å². The molecule has 0 saturated heterocycles. The summed E-state index contributed by atoms with van der Waals surface area (Å²) >= 11 is 0. The third-order valence-electron chi connectivity index (χ3n) is 2.23. The van der Waals surface area contributed by atoms with Crippen LogP contribution in [0.2, 0.25) is 0 Å². The van der Waals surface area contributed by atoms with Gasteiger partial charge in [-0.25, -0.2) is 0 Å². The van der Waals surface area contributed by atoms with Crippen molar-refractivity contribution < 1.29 is 14.4 Å². The van der Waals surface area contributed by atoms with Gasteiger partial charge in [0.1, 0.15) is 11.6 Å². The average molecular weight is 225 g/mol. The third kappa shape index (κ3) is 4.87. The lowest BCUT2D eigenvalue weighted by Crippen LogP contribution is -2.41. The second-order valence-corrected chi connectivity index (χ2v) is 4.32. The van der Waals surface area contributed by atoms with Crippen LogP contribution in [0, 0.1) is 5.41 Å². The van der Waals surface area contributed by atoms with Gasteiger partial charge in [-0.2, -0.15) is 0 Å². The van der Waals surface area contributed by atoms with E-state index in [0.717, 1.165) is 0 Å². The van der Waals surface area contributed by atoms with Crippen LogP contribution in [0.15, 0.2) is 12.7 Å². The van der Waals surface area contributed by atoms with Gasteiger partial charge in [0.25, 0.3) is 0 Å². The summed E-state index contributed by atoms with van der Waals surface area (Å²) < 4.78 is 0. The van der Waals surface area contributed by atoms with Crippen molar-refractivity contribution in [2.24, 2.45) is 5.41 Å². The molecule has 0 spiro atoms. The van der Waals surface area contributed by atoms with Crippen molar-refractivity contribution in [2.45, 2.75) is 33.6 Å². The highest BCUT2D eigenvalue weighted by Crippen LogP contribution is 2.27. The van der Waals surface area contributed by atoms with E-state index in [-0.39, 0.29) is 30.3 Å². The second kappa shape index (κ2) is 6.20. The minimum Gasteiger partial charge on any atom is -0.352 e. The van der Waals surface area contributed by atoms with Crippen LogP contribution in [0.4, 0.5) is 0 Å². The van der Waals surface area contributed by atoms with Crippen molar-refractivity contribution in [3.8, 4) is 0 Å². The van der Waals surface area contributed by atoms with Gasteiger partial charge in [0.05, 0.1) is 5.41 Å². The third-order valence-corrected chi connectivity index (χ3v) is 2.23. The topological polar surface area (TPSA) is 63.2 Å². The molecule has 1 amide bonds. The Bertz CT molecular complexity index is 291. The van der Waals surface area contributed by atoms with Crippen molar-refractivity contribution in [3.05, 3.63) is 12.7 Å². The number of hydrogen-bond acceptors (Lipinski definition) is 3. The van der Waals surface area contributed by atoms with Gasteiger partial charge in [0, 0.05) is 19.4 Å². The smallest absolute Gasteiger partial charge is 0.227 e. The van der Waals surface area contributed by atoms with Gasteiger partial charge in [-0.15, -0.1) is 6.58 Å². The molecule has 0 aromatic carbocycles. The molecule has 0 radical (unpaired) electrons. The lowest BCUT2D eigenvalue weighted by atomic mass is 9.79. The summed E-state index contributed by atoms with van der Waals surface area (Å²) in [5.41, 5.74) is -0.944. The van der Waals surface area contributed by atoms with Gasteiger partial charge < -0.3 is 5.32 Å². The average Bonchev–Trinajstić information content (AvgIpc) is 2.11. The van der Waals surface area contributed by atoms with Crippen molar-refractivity contribution in [2.75, 3.05) is 6.54 Å². The van der Waals surface area contributed by atoms with Crippen LogP contribution >= 0.6 is 0 Å². The largest absolute Gasteiger partial charge is 0.352 e. The zero-order chi connectivity index (χ0) is 12.8. The maximum absolute atomic E-state index is 11.8. The van der Waals surface area contributed by atoms with Crippen molar-refractivity contribution in [1.29, 1.82) is 0 Å². The molecular formula is C12H19NO3. The number of rotatable bonds is 7. The monoisotopic (exact) mass is 225 g/mol. The molecule has 0 aliphatic rings. The fraction of sp³-hybridized carbons (Fsp3) is 0.583. The second-order valence-electron chi connectivity index (χ2n) is 4.32. The Morgan fingerprint density at radius 1 is 1.19 bits per heavy atom. The Morgan fingerprint density at radius 3 is 1.94 bits per heavy atom. The molecule has 4 heteroatoms. The molecule has 0 rings (SSSR count). The predicted octanol–water partition coefficient (Wildman–Crippen LogP) is 1.25. The fourth-order valence-electron chi connectivity index (χ4n) is 1.70. The van der Waals surface area contributed by atoms with Crippen molar-refractivity contribution in [3.63, 3.8) is 0 Å². The minimum atomic E-state index is -0.944. The molecule has 16 heavy (non-hydrogen) atoms. The van der Waals surface area contributed by atoms with E-state index in [1.54, 1.807) is 13.0 Å². The first-order valence-electron chi connectivity index (χ1n) is 5.20. The van der Waals surface area contributed by atoms with E-state index in [1.165, 1.54) is 13.8 Å². The molecule has 0 unspecified atom stereocenters. The van der Waals surface area contributed by atoms with Crippen LogP contribution in [0.25, 0.3) is 0 Å². The van der Waals surface area contributed by atoms with Crippen LogP contribution in [-0.2, 0) is 14.4 Å². The Labute approximate surface area is 96.1 Å². The quantitative estimate of drug-likeness (QED) is 0.663. The first-order chi connectivity index (χ1) is 7.31. The summed E-state index contributed by atoms with van der Waals surface area (Å²) in [6, 6.07) is 0. The lowest BCUT2D eigenvalue weighted by molar-refractivity contribution is -0.137. The zero-order valence-corrected chi connectivity index (χ0v) is 10.1. The Hall–Kier alpha value is -1.45. The van der Waals surface area contributed by atoms with E-state index >= 15 is 0 Å². The molecule has 0 heterocycles. The van der Waals surface area contributed by atoms with E-state index in [1.807, 2.05) is 0 Å². The van der Waals surface area contributed by atoms with Crippen molar-refractivity contribution in [1.82, 2.24) is 5.32 Å². The number of carbonyl (C=O) groups excluding carboxylic acids is 3. The van der Waals surface area contributed by atoms with Crippen molar-refractivity contribution >= 4 is 17.5 Å². The molecule has 0 aliphatic heterocycles. The summed E-state index contributed by atoms with van der Waals surface area (Å²) in [5.74, 6) is -0.479. The number of Topliss-reactive ketones (excluding diaryl/α,β-unsaturated/α-hetero) is 2. The highest BCUT2D eigenvalue weighted by molar-refractivity contribution is 5.92. The molecule has 0 aromatic heterocycles. The molecular weight excluding hydrogens is 206 g/mol. The fourth-order valence-corrected chi connectivity index (χ4v) is 1.70. The molecule has 90 valence electrons. The first-order valence-corrected chi connectivity index (χ1v) is 5.20. The Kier molecular flexibility index (Phi) is 5.64. The standard InChI is InChI=1S/C12H19NO3/c1-5-6-13-11(16)12(4,7-9(2)14)8-10(3)15/h5H,1,6-8H2,2-4H3,(H,13,16). The summed E-state index contributed by atoms with van der Waals surface area (Å²) in [4.78, 5) is 34.0. The SMILES string of the molecule is C=CCNC(=O)C(C)(CC(C)=O)CC(C)=O. The summed E-state index contributed by atoms with van der Waals surface area (Å²) in [5, 5.41) is 2.62. The highest BCUT2D eigenvalue weighted by Gasteiger charge is 2.35. The Morgan fingerprint density at radius 2 is 1.62 bits per heavy atom. The number of nitrogens with one attached hydrogen (secondary N) is 1. The van der Waals surface area contributed by atoms with Gasteiger partial charge in [-0.1, -0.05) is 6.08 Å². The van der Waals surface area contributed by atoms with Gasteiger partial charge >= 0.3 is 0 Å². The predicted molar refractivity (Wildman–Crippen MR) is 61.9 cm³/mol. The number of hydrogen-bond donors (Lipinski definition) is 1. The molecule has 0 fully saturated rings. The number of amides is 1. The zero-order valence-electron chi connectivity index (χ0n) is 10.1. The molecule has 1 N–H and O–H groups in total. The summed E-state index contributed by atoms with van der Waals surface area (Å²) in [7, 11) is 0. The molecule has 0 bridgehead atoms. The summed E-state index contributed by atoms with van der Waals surface area (Å²) in [6.45, 7) is 8.29. The highest BCUT2D eigenvalue weighted by atomic mass is 16.2. The van der Waals surface area contributed by atoms with E-state index in [4.69, 9.17) is 0 Å².